The average Bonchev–Trinajstić information content (AvgIpc) is 4.02. The van der Waals surface area contributed by atoms with Crippen LogP contribution in [0.1, 0.15) is 76.5 Å². The van der Waals surface area contributed by atoms with E-state index in [4.69, 9.17) is 17.3 Å². The van der Waals surface area contributed by atoms with Crippen LogP contribution >= 0.6 is 11.6 Å². The lowest BCUT2D eigenvalue weighted by Gasteiger charge is -2.45. The van der Waals surface area contributed by atoms with Gasteiger partial charge in [0.1, 0.15) is 11.4 Å². The Morgan fingerprint density at radius 2 is 1.64 bits per heavy atom. The molecule has 1 atom stereocenters. The smallest absolute Gasteiger partial charge is 0.433 e. The van der Waals surface area contributed by atoms with Gasteiger partial charge in [-0.05, 0) is 94.0 Å². The van der Waals surface area contributed by atoms with Crippen molar-refractivity contribution in [3.63, 3.8) is 0 Å². The van der Waals surface area contributed by atoms with Crippen LogP contribution in [-0.2, 0) is 22.2 Å². The molecule has 4 fully saturated rings. The van der Waals surface area contributed by atoms with E-state index in [1.165, 1.54) is 30.6 Å². The van der Waals surface area contributed by atoms with Crippen LogP contribution in [0.15, 0.2) is 42.7 Å². The second-order valence-electron chi connectivity index (χ2n) is 17.4. The molecule has 1 saturated carbocycles. The molecule has 0 bridgehead atoms. The molecule has 21 heteroatoms. The predicted molar refractivity (Wildman–Crippen MR) is 231 cm³/mol. The number of hydrogen-bond acceptors (Lipinski definition) is 11. The lowest BCUT2D eigenvalue weighted by molar-refractivity contribution is -0.144. The van der Waals surface area contributed by atoms with Gasteiger partial charge in [-0.2, -0.15) is 18.3 Å². The number of likely N-dealkylation sites (tertiary alicyclic amines) is 1. The highest BCUT2D eigenvalue weighted by Gasteiger charge is 2.43. The SMILES string of the molecule is NC1(CNc2ccc(-c3n[nH]c(C(F)(F)F)c3Cc3cnc(C(=O)Nc4ccc(C(=O)N5CCN(C(=O)[C@@H](C6CCN(CC(=O)O)CC6)C6CNC6)CC5)c(Cl)c4)[nH]3)nc2)CCCC1. The van der Waals surface area contributed by atoms with Gasteiger partial charge in [0.15, 0.2) is 5.82 Å². The van der Waals surface area contributed by atoms with Crippen molar-refractivity contribution in [2.45, 2.75) is 56.7 Å². The second-order valence-corrected chi connectivity index (χ2v) is 17.8. The van der Waals surface area contributed by atoms with Gasteiger partial charge in [0.05, 0.1) is 34.7 Å². The number of imidazole rings is 1. The van der Waals surface area contributed by atoms with Crippen molar-refractivity contribution in [1.82, 2.24) is 45.2 Å². The number of carboxylic acids is 1. The quantitative estimate of drug-likeness (QED) is 0.0939. The number of rotatable bonds is 14. The fraction of sp³-hybridized carbons (Fsp3) is 0.512. The maximum atomic E-state index is 14.2. The first-order valence-corrected chi connectivity index (χ1v) is 22.0. The van der Waals surface area contributed by atoms with Crippen LogP contribution in [-0.4, -0.2) is 140 Å². The van der Waals surface area contributed by atoms with Crippen molar-refractivity contribution in [3.8, 4) is 11.4 Å². The number of nitrogens with zero attached hydrogens (tertiary/aromatic N) is 6. The number of carboxylic acid groups (broad SMARTS) is 1. The van der Waals surface area contributed by atoms with Crippen molar-refractivity contribution in [2.75, 3.05) is 76.1 Å². The first kappa shape index (κ1) is 45.0. The van der Waals surface area contributed by atoms with E-state index in [0.29, 0.717) is 51.5 Å². The summed E-state index contributed by atoms with van der Waals surface area (Å²) in [6.45, 7) is 4.74. The Hall–Kier alpha value is -5.57. The highest BCUT2D eigenvalue weighted by Crippen LogP contribution is 2.37. The minimum atomic E-state index is -4.75. The number of anilines is 2. The first-order chi connectivity index (χ1) is 30.6. The molecule has 1 aliphatic carbocycles. The fourth-order valence-electron chi connectivity index (χ4n) is 9.39. The van der Waals surface area contributed by atoms with Gasteiger partial charge in [0.2, 0.25) is 5.91 Å². The zero-order valence-electron chi connectivity index (χ0n) is 35.1. The zero-order chi connectivity index (χ0) is 45.2. The summed E-state index contributed by atoms with van der Waals surface area (Å²) in [4.78, 5) is 68.7. The number of carbonyl (C=O) groups is 4. The van der Waals surface area contributed by atoms with Gasteiger partial charge in [0, 0.05) is 73.7 Å². The van der Waals surface area contributed by atoms with Gasteiger partial charge in [-0.25, -0.2) is 4.98 Å². The Labute approximate surface area is 372 Å². The van der Waals surface area contributed by atoms with Crippen LogP contribution in [0.5, 0.6) is 0 Å². The number of benzene rings is 1. The van der Waals surface area contributed by atoms with Gasteiger partial charge < -0.3 is 41.6 Å². The molecule has 3 aromatic heterocycles. The molecule has 4 aliphatic rings. The molecule has 64 heavy (non-hydrogen) atoms. The number of amides is 3. The summed E-state index contributed by atoms with van der Waals surface area (Å²) in [5.74, 6) is -1.71. The largest absolute Gasteiger partial charge is 0.480 e. The number of aromatic amines is 2. The molecule has 0 spiro atoms. The van der Waals surface area contributed by atoms with Crippen molar-refractivity contribution in [1.29, 1.82) is 0 Å². The van der Waals surface area contributed by atoms with E-state index in [2.05, 4.69) is 41.1 Å². The molecule has 0 unspecified atom stereocenters. The third-order valence-corrected chi connectivity index (χ3v) is 13.4. The Morgan fingerprint density at radius 1 is 0.938 bits per heavy atom. The summed E-state index contributed by atoms with van der Waals surface area (Å²) in [5, 5.41) is 24.6. The third kappa shape index (κ3) is 10.2. The highest BCUT2D eigenvalue weighted by atomic mass is 35.5. The maximum Gasteiger partial charge on any atom is 0.433 e. The number of H-pyrrole nitrogens is 2. The van der Waals surface area contributed by atoms with E-state index in [-0.39, 0.29) is 92.8 Å². The van der Waals surface area contributed by atoms with Crippen LogP contribution in [0, 0.1) is 17.8 Å². The van der Waals surface area contributed by atoms with Crippen LogP contribution < -0.4 is 21.7 Å². The Bertz CT molecular complexity index is 2330. The highest BCUT2D eigenvalue weighted by molar-refractivity contribution is 6.34. The van der Waals surface area contributed by atoms with Crippen LogP contribution in [0.25, 0.3) is 11.4 Å². The lowest BCUT2D eigenvalue weighted by Crippen LogP contribution is -2.58. The molecular weight excluding hydrogens is 857 g/mol. The van der Waals surface area contributed by atoms with E-state index < -0.39 is 23.7 Å². The summed E-state index contributed by atoms with van der Waals surface area (Å²) in [6, 6.07) is 7.75. The number of carbonyl (C=O) groups excluding carboxylic acids is 3. The van der Waals surface area contributed by atoms with Crippen molar-refractivity contribution in [3.05, 3.63) is 76.1 Å². The Kier molecular flexibility index (Phi) is 13.3. The molecule has 6 heterocycles. The number of aliphatic carboxylic acids is 1. The first-order valence-electron chi connectivity index (χ1n) is 21.7. The third-order valence-electron chi connectivity index (χ3n) is 13.1. The standard InChI is InChI=1S/C43H52ClF3N12O5/c44-32-18-27(3-5-30(32)40(63)58-13-15-59(16-14-58)41(64)35(26-19-49-20-26)25-7-11-57(12-8-25)23-34(60)61)54-39(62)38-51-22-29(53-38)17-31-36(55-56-37(31)43(45,46)47)33-6-4-28(21-50-33)52-24-42(48)9-1-2-10-42/h3-6,18,21-22,25-26,35,49,52H,1-2,7-17,19-20,23-24,48H2,(H,51,53)(H,54,62)(H,55,56)(H,60,61)/t35-/m0/s1. The normalized spacial score (nSPS) is 19.0. The lowest BCUT2D eigenvalue weighted by atomic mass is 9.73. The number of piperazine rings is 1. The molecule has 0 radical (unpaired) electrons. The predicted octanol–water partition coefficient (Wildman–Crippen LogP) is 4.31. The molecule has 8 rings (SSSR count). The van der Waals surface area contributed by atoms with Crippen LogP contribution in [0.4, 0.5) is 24.5 Å². The van der Waals surface area contributed by atoms with E-state index in [9.17, 15) is 37.5 Å². The maximum absolute atomic E-state index is 14.2. The Morgan fingerprint density at radius 3 is 2.27 bits per heavy atom. The number of hydrogen-bond donors (Lipinski definition) is 7. The van der Waals surface area contributed by atoms with Gasteiger partial charge in [-0.1, -0.05) is 24.4 Å². The number of alkyl halides is 3. The van der Waals surface area contributed by atoms with Crippen molar-refractivity contribution < 1.29 is 37.5 Å². The number of nitrogens with one attached hydrogen (secondary N) is 5. The molecule has 3 aliphatic heterocycles. The monoisotopic (exact) mass is 908 g/mol. The number of halogens is 4. The summed E-state index contributed by atoms with van der Waals surface area (Å²) in [7, 11) is 0. The fourth-order valence-corrected chi connectivity index (χ4v) is 9.65. The molecule has 342 valence electrons. The van der Waals surface area contributed by atoms with E-state index in [1.807, 2.05) is 9.80 Å². The van der Waals surface area contributed by atoms with Crippen LogP contribution in [0.3, 0.4) is 0 Å². The van der Waals surface area contributed by atoms with Crippen molar-refractivity contribution >= 4 is 46.7 Å². The van der Waals surface area contributed by atoms with Gasteiger partial charge in [-0.15, -0.1) is 0 Å². The minimum absolute atomic E-state index is 0.000452. The van der Waals surface area contributed by atoms with Crippen molar-refractivity contribution in [2.24, 2.45) is 23.5 Å². The average molecular weight is 909 g/mol. The molecule has 17 nitrogen and oxygen atoms in total. The minimum Gasteiger partial charge on any atom is -0.480 e. The second kappa shape index (κ2) is 18.9. The van der Waals surface area contributed by atoms with Crippen LogP contribution in [0.2, 0.25) is 5.02 Å². The topological polar surface area (TPSA) is 231 Å². The molecule has 1 aromatic carbocycles. The van der Waals surface area contributed by atoms with E-state index in [1.54, 1.807) is 17.0 Å². The summed E-state index contributed by atoms with van der Waals surface area (Å²) < 4.78 is 42.5. The zero-order valence-corrected chi connectivity index (χ0v) is 35.9. The summed E-state index contributed by atoms with van der Waals surface area (Å²) in [5.41, 5.74) is 6.53. The summed E-state index contributed by atoms with van der Waals surface area (Å²) in [6.07, 6.45) is 3.26. The summed E-state index contributed by atoms with van der Waals surface area (Å²) >= 11 is 6.59. The molecule has 3 saturated heterocycles. The number of piperidine rings is 1. The number of aromatic nitrogens is 5. The molecule has 8 N–H and O–H groups in total. The molecular formula is C43H52ClF3N12O5. The molecule has 4 aromatic rings. The molecule has 3 amide bonds. The Balaban J connectivity index is 0.861. The van der Waals surface area contributed by atoms with Gasteiger partial charge >= 0.3 is 12.1 Å². The van der Waals surface area contributed by atoms with E-state index >= 15 is 0 Å². The van der Waals surface area contributed by atoms with Gasteiger partial charge in [0.25, 0.3) is 11.8 Å². The number of nitrogens with two attached hydrogens (primary N) is 1. The van der Waals surface area contributed by atoms with E-state index in [0.717, 1.165) is 51.6 Å². The number of pyridine rings is 1. The van der Waals surface area contributed by atoms with Gasteiger partial charge in [-0.3, -0.25) is 34.2 Å².